The van der Waals surface area contributed by atoms with Crippen molar-refractivity contribution in [3.8, 4) is 5.75 Å². The van der Waals surface area contributed by atoms with Gasteiger partial charge in [-0.15, -0.1) is 0 Å². The van der Waals surface area contributed by atoms with Crippen LogP contribution in [0.1, 0.15) is 49.8 Å². The van der Waals surface area contributed by atoms with Crippen LogP contribution in [0.15, 0.2) is 54.6 Å². The molecule has 3 nitrogen and oxygen atoms in total. The average molecular weight is 354 g/mol. The predicted octanol–water partition coefficient (Wildman–Crippen LogP) is 4.63. The molecule has 2 atom stereocenters. The van der Waals surface area contributed by atoms with Gasteiger partial charge in [-0.3, -0.25) is 0 Å². The average Bonchev–Trinajstić information content (AvgIpc) is 3.18. The minimum Gasteiger partial charge on any atom is -0.493 e. The van der Waals surface area contributed by atoms with E-state index in [1.165, 1.54) is 18.4 Å². The van der Waals surface area contributed by atoms with Gasteiger partial charge in [-0.1, -0.05) is 56.3 Å². The van der Waals surface area contributed by atoms with E-state index in [2.05, 4.69) is 43.0 Å². The molecular weight excluding hydrogens is 322 g/mol. The first-order valence-corrected chi connectivity index (χ1v) is 9.81. The largest absolute Gasteiger partial charge is 0.493 e. The molecule has 0 aromatic heterocycles. The van der Waals surface area contributed by atoms with Crippen molar-refractivity contribution in [1.29, 1.82) is 0 Å². The Morgan fingerprint density at radius 1 is 0.923 bits per heavy atom. The zero-order valence-electron chi connectivity index (χ0n) is 16.0. The van der Waals surface area contributed by atoms with Gasteiger partial charge >= 0.3 is 0 Å². The topological polar surface area (TPSA) is 32.7 Å². The zero-order valence-corrected chi connectivity index (χ0v) is 16.0. The van der Waals surface area contributed by atoms with Crippen LogP contribution in [0, 0.1) is 5.92 Å². The van der Waals surface area contributed by atoms with Crippen LogP contribution in [0.3, 0.4) is 0 Å². The third-order valence-electron chi connectivity index (χ3n) is 5.07. The number of aliphatic hydroxyl groups excluding tert-OH is 1. The molecular formula is C23H31NO2. The van der Waals surface area contributed by atoms with Gasteiger partial charge in [-0.05, 0) is 55.1 Å². The van der Waals surface area contributed by atoms with Crippen LogP contribution >= 0.6 is 0 Å². The molecule has 0 radical (unpaired) electrons. The van der Waals surface area contributed by atoms with Crippen LogP contribution in [0.2, 0.25) is 0 Å². The van der Waals surface area contributed by atoms with Crippen LogP contribution in [0.4, 0.5) is 0 Å². The summed E-state index contributed by atoms with van der Waals surface area (Å²) in [5.41, 5.74) is 2.15. The number of nitrogens with zero attached hydrogens (tertiary/aromatic N) is 1. The maximum Gasteiger partial charge on any atom is 0.119 e. The summed E-state index contributed by atoms with van der Waals surface area (Å²) >= 11 is 0. The van der Waals surface area contributed by atoms with E-state index in [-0.39, 0.29) is 5.92 Å². The van der Waals surface area contributed by atoms with E-state index in [1.54, 1.807) is 0 Å². The van der Waals surface area contributed by atoms with Crippen molar-refractivity contribution in [3.05, 3.63) is 65.7 Å². The molecule has 1 aliphatic rings. The minimum atomic E-state index is -0.517. The second-order valence-corrected chi connectivity index (χ2v) is 7.74. The molecule has 3 heteroatoms. The number of ether oxygens (including phenoxy) is 1. The SMILES string of the molecule is CC(C)COc1ccc([C@@H](O)[C@H](CN2CCCC2)c2ccccc2)cc1. The number of benzene rings is 2. The molecule has 140 valence electrons. The molecule has 2 aromatic carbocycles. The summed E-state index contributed by atoms with van der Waals surface area (Å²) in [7, 11) is 0. The Bertz CT molecular complexity index is 648. The van der Waals surface area contributed by atoms with Crippen molar-refractivity contribution in [2.45, 2.75) is 38.7 Å². The van der Waals surface area contributed by atoms with Crippen molar-refractivity contribution < 1.29 is 9.84 Å². The molecule has 2 aromatic rings. The van der Waals surface area contributed by atoms with Gasteiger partial charge in [0.15, 0.2) is 0 Å². The third kappa shape index (κ3) is 5.09. The summed E-state index contributed by atoms with van der Waals surface area (Å²) < 4.78 is 5.77. The first-order valence-electron chi connectivity index (χ1n) is 9.81. The van der Waals surface area contributed by atoms with Gasteiger partial charge in [-0.2, -0.15) is 0 Å². The highest BCUT2D eigenvalue weighted by molar-refractivity contribution is 5.32. The van der Waals surface area contributed by atoms with Gasteiger partial charge < -0.3 is 14.7 Å². The minimum absolute atomic E-state index is 0.0803. The lowest BCUT2D eigenvalue weighted by molar-refractivity contribution is 0.123. The van der Waals surface area contributed by atoms with E-state index in [4.69, 9.17) is 4.74 Å². The number of hydrogen-bond donors (Lipinski definition) is 1. The van der Waals surface area contributed by atoms with Crippen molar-refractivity contribution >= 4 is 0 Å². The Hall–Kier alpha value is -1.84. The van der Waals surface area contributed by atoms with Gasteiger partial charge in [0.2, 0.25) is 0 Å². The van der Waals surface area contributed by atoms with Gasteiger partial charge in [0.05, 0.1) is 12.7 Å². The summed E-state index contributed by atoms with van der Waals surface area (Å²) in [6.45, 7) is 8.16. The molecule has 1 saturated heterocycles. The molecule has 0 spiro atoms. The van der Waals surface area contributed by atoms with E-state index >= 15 is 0 Å². The van der Waals surface area contributed by atoms with Crippen LogP contribution < -0.4 is 4.74 Å². The molecule has 26 heavy (non-hydrogen) atoms. The zero-order chi connectivity index (χ0) is 18.4. The molecule has 0 amide bonds. The number of aliphatic hydroxyl groups is 1. The lowest BCUT2D eigenvalue weighted by atomic mass is 9.88. The molecule has 0 unspecified atom stereocenters. The van der Waals surface area contributed by atoms with E-state index in [9.17, 15) is 5.11 Å². The number of rotatable bonds is 8. The normalized spacial score (nSPS) is 17.4. The van der Waals surface area contributed by atoms with E-state index in [0.717, 1.165) is 30.9 Å². The molecule has 0 saturated carbocycles. The first-order chi connectivity index (χ1) is 12.6. The van der Waals surface area contributed by atoms with E-state index < -0.39 is 6.10 Å². The van der Waals surface area contributed by atoms with Crippen LogP contribution in [-0.4, -0.2) is 36.2 Å². The number of hydrogen-bond acceptors (Lipinski definition) is 3. The van der Waals surface area contributed by atoms with Crippen LogP contribution in [0.25, 0.3) is 0 Å². The molecule has 1 N–H and O–H groups in total. The fourth-order valence-corrected chi connectivity index (χ4v) is 3.59. The predicted molar refractivity (Wildman–Crippen MR) is 107 cm³/mol. The summed E-state index contributed by atoms with van der Waals surface area (Å²) in [6, 6.07) is 18.3. The molecule has 1 fully saturated rings. The lowest BCUT2D eigenvalue weighted by Crippen LogP contribution is -2.29. The van der Waals surface area contributed by atoms with Gasteiger partial charge in [0, 0.05) is 12.5 Å². The van der Waals surface area contributed by atoms with Crippen molar-refractivity contribution in [2.75, 3.05) is 26.2 Å². The summed E-state index contributed by atoms with van der Waals surface area (Å²) in [6.07, 6.45) is 2.01. The Morgan fingerprint density at radius 2 is 1.58 bits per heavy atom. The summed E-state index contributed by atoms with van der Waals surface area (Å²) in [5.74, 6) is 1.45. The molecule has 3 rings (SSSR count). The highest BCUT2D eigenvalue weighted by atomic mass is 16.5. The second-order valence-electron chi connectivity index (χ2n) is 7.74. The fourth-order valence-electron chi connectivity index (χ4n) is 3.59. The van der Waals surface area contributed by atoms with E-state index in [1.807, 2.05) is 30.3 Å². The standard InChI is InChI=1S/C23H31NO2/c1-18(2)17-26-21-12-10-20(11-13-21)23(25)22(16-24-14-6-7-15-24)19-8-4-3-5-9-19/h3-5,8-13,18,22-23,25H,6-7,14-17H2,1-2H3/t22-,23-/m1/s1. The van der Waals surface area contributed by atoms with E-state index in [0.29, 0.717) is 12.5 Å². The highest BCUT2D eigenvalue weighted by Gasteiger charge is 2.26. The van der Waals surface area contributed by atoms with Crippen molar-refractivity contribution in [3.63, 3.8) is 0 Å². The Kier molecular flexibility index (Phi) is 6.70. The molecule has 1 aliphatic heterocycles. The van der Waals surface area contributed by atoms with Gasteiger partial charge in [-0.25, -0.2) is 0 Å². The van der Waals surface area contributed by atoms with Crippen molar-refractivity contribution in [2.24, 2.45) is 5.92 Å². The molecule has 1 heterocycles. The second kappa shape index (κ2) is 9.20. The maximum atomic E-state index is 11.1. The fraction of sp³-hybridized carbons (Fsp3) is 0.478. The Labute approximate surface area is 157 Å². The third-order valence-corrected chi connectivity index (χ3v) is 5.07. The summed E-state index contributed by atoms with van der Waals surface area (Å²) in [4.78, 5) is 2.47. The molecule has 0 bridgehead atoms. The summed E-state index contributed by atoms with van der Waals surface area (Å²) in [5, 5.41) is 11.1. The highest BCUT2D eigenvalue weighted by Crippen LogP contribution is 2.33. The molecule has 0 aliphatic carbocycles. The van der Waals surface area contributed by atoms with Gasteiger partial charge in [0.25, 0.3) is 0 Å². The van der Waals surface area contributed by atoms with Crippen LogP contribution in [0.5, 0.6) is 5.75 Å². The first kappa shape index (κ1) is 18.9. The Morgan fingerprint density at radius 3 is 2.19 bits per heavy atom. The quantitative estimate of drug-likeness (QED) is 0.751. The van der Waals surface area contributed by atoms with Crippen LogP contribution in [-0.2, 0) is 0 Å². The lowest BCUT2D eigenvalue weighted by Gasteiger charge is -2.28. The Balaban J connectivity index is 1.74. The van der Waals surface area contributed by atoms with Gasteiger partial charge in [0.1, 0.15) is 5.75 Å². The maximum absolute atomic E-state index is 11.1. The monoisotopic (exact) mass is 353 g/mol. The number of likely N-dealkylation sites (tertiary alicyclic amines) is 1. The van der Waals surface area contributed by atoms with Crippen molar-refractivity contribution in [1.82, 2.24) is 4.90 Å². The smallest absolute Gasteiger partial charge is 0.119 e.